The Balaban J connectivity index is 2.15. The van der Waals surface area contributed by atoms with Gasteiger partial charge in [-0.1, -0.05) is 0 Å². The van der Waals surface area contributed by atoms with Crippen molar-refractivity contribution < 1.29 is 0 Å². The highest BCUT2D eigenvalue weighted by molar-refractivity contribution is 5.58. The molecule has 0 aliphatic carbocycles. The first-order valence-corrected chi connectivity index (χ1v) is 4.36. The largest absolute Gasteiger partial charge is 0.399 e. The zero-order valence-corrected chi connectivity index (χ0v) is 7.94. The van der Waals surface area contributed by atoms with Crippen LogP contribution in [0.25, 0.3) is 0 Å². The van der Waals surface area contributed by atoms with E-state index in [-0.39, 0.29) is 0 Å². The normalized spacial score (nSPS) is 10.1. The van der Waals surface area contributed by atoms with E-state index in [9.17, 15) is 0 Å². The summed E-state index contributed by atoms with van der Waals surface area (Å²) in [6.07, 6.45) is 1.89. The van der Waals surface area contributed by atoms with E-state index in [0.717, 1.165) is 17.2 Å². The summed E-state index contributed by atoms with van der Waals surface area (Å²) in [4.78, 5) is 0. The number of hydrogen-bond donors (Lipinski definition) is 2. The first-order valence-electron chi connectivity index (χ1n) is 4.36. The van der Waals surface area contributed by atoms with E-state index in [2.05, 4.69) is 10.4 Å². The van der Waals surface area contributed by atoms with Gasteiger partial charge in [0, 0.05) is 30.7 Å². The lowest BCUT2D eigenvalue weighted by Gasteiger charge is -2.02. The minimum absolute atomic E-state index is 0.761. The second-order valence-electron chi connectivity index (χ2n) is 3.12. The summed E-state index contributed by atoms with van der Waals surface area (Å²) < 4.78 is 1.75. The van der Waals surface area contributed by atoms with E-state index in [1.165, 1.54) is 0 Å². The molecule has 0 saturated heterocycles. The van der Waals surface area contributed by atoms with E-state index in [4.69, 9.17) is 5.73 Å². The number of aryl methyl sites for hydroxylation is 1. The Hall–Kier alpha value is -1.97. The van der Waals surface area contributed by atoms with Crippen LogP contribution in [-0.4, -0.2) is 9.78 Å². The molecule has 4 heteroatoms. The number of nitrogens with one attached hydrogen (secondary N) is 1. The second kappa shape index (κ2) is 3.41. The standard InChI is InChI=1S/C10H12N4/c1-14-7-6-10(13-14)12-9-4-2-8(11)3-5-9/h2-7H,11H2,1H3,(H,12,13). The third-order valence-corrected chi connectivity index (χ3v) is 1.90. The van der Waals surface area contributed by atoms with Gasteiger partial charge >= 0.3 is 0 Å². The number of nitrogen functional groups attached to an aromatic ring is 1. The summed E-state index contributed by atoms with van der Waals surface area (Å²) in [5.41, 5.74) is 7.32. The van der Waals surface area contributed by atoms with Crippen molar-refractivity contribution in [3.05, 3.63) is 36.5 Å². The van der Waals surface area contributed by atoms with Gasteiger partial charge in [0.1, 0.15) is 0 Å². The van der Waals surface area contributed by atoms with Crippen LogP contribution in [0.2, 0.25) is 0 Å². The molecule has 0 spiro atoms. The van der Waals surface area contributed by atoms with Gasteiger partial charge in [-0.15, -0.1) is 0 Å². The molecule has 0 atom stereocenters. The number of hydrogen-bond acceptors (Lipinski definition) is 3. The number of nitrogens with two attached hydrogens (primary N) is 1. The molecule has 0 saturated carbocycles. The van der Waals surface area contributed by atoms with E-state index in [1.807, 2.05) is 43.6 Å². The number of aromatic nitrogens is 2. The average molecular weight is 188 g/mol. The molecule has 0 amide bonds. The van der Waals surface area contributed by atoms with Gasteiger partial charge in [-0.05, 0) is 24.3 Å². The van der Waals surface area contributed by atoms with Gasteiger partial charge in [0.25, 0.3) is 0 Å². The molecule has 1 aromatic heterocycles. The Kier molecular flexibility index (Phi) is 2.10. The number of benzene rings is 1. The van der Waals surface area contributed by atoms with Crippen LogP contribution in [0.4, 0.5) is 17.2 Å². The fourth-order valence-electron chi connectivity index (χ4n) is 1.20. The van der Waals surface area contributed by atoms with Crippen LogP contribution in [0, 0.1) is 0 Å². The maximum Gasteiger partial charge on any atom is 0.152 e. The topological polar surface area (TPSA) is 55.9 Å². The summed E-state index contributed by atoms with van der Waals surface area (Å²) in [6.45, 7) is 0. The van der Waals surface area contributed by atoms with Crippen LogP contribution in [-0.2, 0) is 7.05 Å². The van der Waals surface area contributed by atoms with Crippen LogP contribution < -0.4 is 11.1 Å². The molecule has 72 valence electrons. The first-order chi connectivity index (χ1) is 6.74. The molecule has 1 heterocycles. The van der Waals surface area contributed by atoms with Crippen molar-refractivity contribution in [3.8, 4) is 0 Å². The Morgan fingerprint density at radius 1 is 1.21 bits per heavy atom. The Morgan fingerprint density at radius 3 is 2.50 bits per heavy atom. The Morgan fingerprint density at radius 2 is 1.93 bits per heavy atom. The zero-order chi connectivity index (χ0) is 9.97. The highest BCUT2D eigenvalue weighted by Gasteiger charge is 1.96. The van der Waals surface area contributed by atoms with Gasteiger partial charge in [-0.3, -0.25) is 4.68 Å². The molecule has 0 unspecified atom stereocenters. The van der Waals surface area contributed by atoms with E-state index < -0.39 is 0 Å². The Labute approximate surface area is 82.4 Å². The van der Waals surface area contributed by atoms with Gasteiger partial charge in [0.15, 0.2) is 5.82 Å². The lowest BCUT2D eigenvalue weighted by atomic mass is 10.3. The van der Waals surface area contributed by atoms with Crippen molar-refractivity contribution in [2.75, 3.05) is 11.1 Å². The van der Waals surface area contributed by atoms with Gasteiger partial charge in [0.2, 0.25) is 0 Å². The molecule has 0 radical (unpaired) electrons. The van der Waals surface area contributed by atoms with E-state index >= 15 is 0 Å². The quantitative estimate of drug-likeness (QED) is 0.706. The number of rotatable bonds is 2. The highest BCUT2D eigenvalue weighted by atomic mass is 15.3. The SMILES string of the molecule is Cn1ccc(Nc2ccc(N)cc2)n1. The minimum atomic E-state index is 0.761. The van der Waals surface area contributed by atoms with Gasteiger partial charge in [-0.2, -0.15) is 5.10 Å². The summed E-state index contributed by atoms with van der Waals surface area (Å²) >= 11 is 0. The van der Waals surface area contributed by atoms with E-state index in [0.29, 0.717) is 0 Å². The highest BCUT2D eigenvalue weighted by Crippen LogP contribution is 2.15. The zero-order valence-electron chi connectivity index (χ0n) is 7.94. The monoisotopic (exact) mass is 188 g/mol. The van der Waals surface area contributed by atoms with Gasteiger partial charge < -0.3 is 11.1 Å². The molecule has 0 aliphatic heterocycles. The fraction of sp³-hybridized carbons (Fsp3) is 0.100. The van der Waals surface area contributed by atoms with Crippen molar-refractivity contribution in [1.29, 1.82) is 0 Å². The summed E-state index contributed by atoms with van der Waals surface area (Å²) in [5, 5.41) is 7.37. The molecule has 2 aromatic rings. The molecule has 0 bridgehead atoms. The van der Waals surface area contributed by atoms with Crippen LogP contribution in [0.5, 0.6) is 0 Å². The van der Waals surface area contributed by atoms with Crippen molar-refractivity contribution in [2.24, 2.45) is 7.05 Å². The average Bonchev–Trinajstić information content (AvgIpc) is 2.56. The summed E-state index contributed by atoms with van der Waals surface area (Å²) in [5.74, 6) is 0.831. The number of nitrogens with zero attached hydrogens (tertiary/aromatic N) is 2. The molecule has 1 aromatic carbocycles. The predicted octanol–water partition coefficient (Wildman–Crippen LogP) is 1.75. The van der Waals surface area contributed by atoms with Crippen molar-refractivity contribution in [1.82, 2.24) is 9.78 Å². The van der Waals surface area contributed by atoms with Crippen LogP contribution in [0.1, 0.15) is 0 Å². The molecule has 3 N–H and O–H groups in total. The maximum absolute atomic E-state index is 5.58. The van der Waals surface area contributed by atoms with Crippen LogP contribution in [0.3, 0.4) is 0 Å². The predicted molar refractivity (Wildman–Crippen MR) is 57.3 cm³/mol. The maximum atomic E-state index is 5.58. The lowest BCUT2D eigenvalue weighted by Crippen LogP contribution is -1.93. The van der Waals surface area contributed by atoms with Crippen molar-refractivity contribution in [2.45, 2.75) is 0 Å². The second-order valence-corrected chi connectivity index (χ2v) is 3.12. The molecular weight excluding hydrogens is 176 g/mol. The molecule has 2 rings (SSSR count). The summed E-state index contributed by atoms with van der Waals surface area (Å²) in [6, 6.07) is 9.46. The number of anilines is 3. The van der Waals surface area contributed by atoms with Crippen molar-refractivity contribution in [3.63, 3.8) is 0 Å². The van der Waals surface area contributed by atoms with Crippen molar-refractivity contribution >= 4 is 17.2 Å². The fourth-order valence-corrected chi connectivity index (χ4v) is 1.20. The molecule has 14 heavy (non-hydrogen) atoms. The Bertz CT molecular complexity index is 416. The van der Waals surface area contributed by atoms with Gasteiger partial charge in [0.05, 0.1) is 0 Å². The first kappa shape index (κ1) is 8.62. The molecule has 0 aliphatic rings. The van der Waals surface area contributed by atoms with Crippen LogP contribution in [0.15, 0.2) is 36.5 Å². The minimum Gasteiger partial charge on any atom is -0.399 e. The molecule has 0 fully saturated rings. The molecule has 4 nitrogen and oxygen atoms in total. The van der Waals surface area contributed by atoms with E-state index in [1.54, 1.807) is 4.68 Å². The third kappa shape index (κ3) is 1.85. The van der Waals surface area contributed by atoms with Gasteiger partial charge in [-0.25, -0.2) is 0 Å². The summed E-state index contributed by atoms with van der Waals surface area (Å²) in [7, 11) is 1.88. The molecular formula is C10H12N4. The van der Waals surface area contributed by atoms with Crippen LogP contribution >= 0.6 is 0 Å². The third-order valence-electron chi connectivity index (χ3n) is 1.90. The smallest absolute Gasteiger partial charge is 0.152 e. The lowest BCUT2D eigenvalue weighted by molar-refractivity contribution is 0.771.